The van der Waals surface area contributed by atoms with Crippen LogP contribution in [0.3, 0.4) is 0 Å². The molecular weight excluding hydrogens is 324 g/mol. The van der Waals surface area contributed by atoms with Crippen molar-refractivity contribution < 1.29 is 0 Å². The van der Waals surface area contributed by atoms with Gasteiger partial charge in [0.15, 0.2) is 0 Å². The molecule has 4 aromatic rings. The van der Waals surface area contributed by atoms with Crippen molar-refractivity contribution in [2.75, 3.05) is 0 Å². The average Bonchev–Trinajstić information content (AvgIpc) is 2.76. The maximum atomic E-state index is 4.86. The van der Waals surface area contributed by atoms with Gasteiger partial charge in [-0.15, -0.1) is 0 Å². The first kappa shape index (κ1) is 17.3. The van der Waals surface area contributed by atoms with E-state index in [4.69, 9.17) is 6.92 Å². The molecule has 0 N–H and O–H groups in total. The molecule has 0 heterocycles. The second-order valence-electron chi connectivity index (χ2n) is 6.96. The number of benzene rings is 4. The first-order valence-electron chi connectivity index (χ1n) is 9.36. The Morgan fingerprint density at radius 2 is 0.741 bits per heavy atom. The number of rotatable bonds is 5. The quantitative estimate of drug-likeness (QED) is 0.380. The van der Waals surface area contributed by atoms with Gasteiger partial charge in [0.25, 0.3) is 0 Å². The highest BCUT2D eigenvalue weighted by atomic mass is 14.4. The van der Waals surface area contributed by atoms with E-state index in [1.165, 1.54) is 22.3 Å². The van der Waals surface area contributed by atoms with E-state index in [2.05, 4.69) is 121 Å². The third-order valence-corrected chi connectivity index (χ3v) is 5.34. The summed E-state index contributed by atoms with van der Waals surface area (Å²) in [4.78, 5) is 0. The molecule has 4 rings (SSSR count). The van der Waals surface area contributed by atoms with Gasteiger partial charge in [0.2, 0.25) is 0 Å². The average molecular weight is 347 g/mol. The normalized spacial score (nSPS) is 11.5. The summed E-state index contributed by atoms with van der Waals surface area (Å²) in [5.74, 6) is 0.102. The van der Waals surface area contributed by atoms with Crippen LogP contribution in [-0.4, -0.2) is 0 Å². The highest BCUT2D eigenvalue weighted by molar-refractivity contribution is 5.51. The van der Waals surface area contributed by atoms with Crippen molar-refractivity contribution in [3.05, 3.63) is 151 Å². The van der Waals surface area contributed by atoms with E-state index >= 15 is 0 Å². The van der Waals surface area contributed by atoms with Gasteiger partial charge in [-0.2, -0.15) is 0 Å². The molecule has 0 unspecified atom stereocenters. The monoisotopic (exact) mass is 347 g/mol. The first-order valence-corrected chi connectivity index (χ1v) is 9.36. The standard InChI is InChI=1S/C27H23/c1-27(24-18-10-4-11-19-24,25-20-12-5-13-21-25)26(22-14-6-2-7-15-22)23-16-8-3-9-17-23/h2-21,26H,1H2. The summed E-state index contributed by atoms with van der Waals surface area (Å²) in [6, 6.07) is 42.8. The summed E-state index contributed by atoms with van der Waals surface area (Å²) in [7, 11) is 0. The fraction of sp³-hybridized carbons (Fsp3) is 0.0741. The van der Waals surface area contributed by atoms with Gasteiger partial charge in [0.05, 0.1) is 0 Å². The Morgan fingerprint density at radius 3 is 1.07 bits per heavy atom. The third-order valence-electron chi connectivity index (χ3n) is 5.34. The van der Waals surface area contributed by atoms with Crippen LogP contribution in [0.25, 0.3) is 0 Å². The molecule has 0 nitrogen and oxygen atoms in total. The van der Waals surface area contributed by atoms with E-state index in [9.17, 15) is 0 Å². The zero-order chi connectivity index (χ0) is 18.5. The Bertz CT molecular complexity index is 878. The minimum atomic E-state index is -0.439. The minimum absolute atomic E-state index is 0.102. The Balaban J connectivity index is 2.01. The Hall–Kier alpha value is -3.12. The minimum Gasteiger partial charge on any atom is -0.0622 e. The molecular formula is C27H23. The summed E-state index contributed by atoms with van der Waals surface area (Å²) in [6.07, 6.45) is 0. The van der Waals surface area contributed by atoms with Crippen LogP contribution in [-0.2, 0) is 5.41 Å². The van der Waals surface area contributed by atoms with Crippen LogP contribution in [0.1, 0.15) is 28.2 Å². The molecule has 0 bridgehead atoms. The van der Waals surface area contributed by atoms with Gasteiger partial charge in [-0.1, -0.05) is 121 Å². The zero-order valence-electron chi connectivity index (χ0n) is 15.3. The second-order valence-corrected chi connectivity index (χ2v) is 6.96. The molecule has 1 radical (unpaired) electrons. The van der Waals surface area contributed by atoms with E-state index in [-0.39, 0.29) is 5.92 Å². The predicted octanol–water partition coefficient (Wildman–Crippen LogP) is 6.64. The molecule has 0 fully saturated rings. The lowest BCUT2D eigenvalue weighted by Gasteiger charge is -2.40. The summed E-state index contributed by atoms with van der Waals surface area (Å²) in [5.41, 5.74) is 4.53. The van der Waals surface area contributed by atoms with Crippen molar-refractivity contribution >= 4 is 0 Å². The predicted molar refractivity (Wildman–Crippen MR) is 114 cm³/mol. The first-order chi connectivity index (χ1) is 13.3. The lowest BCUT2D eigenvalue weighted by atomic mass is 9.62. The van der Waals surface area contributed by atoms with E-state index in [0.29, 0.717) is 0 Å². The van der Waals surface area contributed by atoms with Crippen molar-refractivity contribution in [3.63, 3.8) is 0 Å². The van der Waals surface area contributed by atoms with Crippen LogP contribution < -0.4 is 0 Å². The molecule has 0 heteroatoms. The molecule has 27 heavy (non-hydrogen) atoms. The fourth-order valence-corrected chi connectivity index (χ4v) is 4.02. The van der Waals surface area contributed by atoms with Crippen molar-refractivity contribution in [2.24, 2.45) is 0 Å². The van der Waals surface area contributed by atoms with Crippen LogP contribution in [0, 0.1) is 6.92 Å². The molecule has 0 aliphatic rings. The highest BCUT2D eigenvalue weighted by Gasteiger charge is 2.39. The lowest BCUT2D eigenvalue weighted by molar-refractivity contribution is 0.553. The van der Waals surface area contributed by atoms with Crippen LogP contribution in [0.2, 0.25) is 0 Å². The van der Waals surface area contributed by atoms with Gasteiger partial charge >= 0.3 is 0 Å². The summed E-state index contributed by atoms with van der Waals surface area (Å²) >= 11 is 0. The molecule has 4 aromatic carbocycles. The van der Waals surface area contributed by atoms with Crippen LogP contribution in [0.5, 0.6) is 0 Å². The van der Waals surface area contributed by atoms with Gasteiger partial charge in [-0.05, 0) is 29.2 Å². The highest BCUT2D eigenvalue weighted by Crippen LogP contribution is 2.47. The van der Waals surface area contributed by atoms with E-state index in [1.807, 2.05) is 0 Å². The molecule has 0 aliphatic carbocycles. The molecule has 0 aliphatic heterocycles. The van der Waals surface area contributed by atoms with Gasteiger partial charge in [-0.3, -0.25) is 0 Å². The molecule has 0 aromatic heterocycles. The van der Waals surface area contributed by atoms with E-state index in [1.54, 1.807) is 0 Å². The molecule has 0 saturated carbocycles. The van der Waals surface area contributed by atoms with Crippen molar-refractivity contribution in [1.82, 2.24) is 0 Å². The maximum absolute atomic E-state index is 4.86. The van der Waals surface area contributed by atoms with Crippen LogP contribution in [0.15, 0.2) is 121 Å². The fourth-order valence-electron chi connectivity index (χ4n) is 4.02. The molecule has 0 spiro atoms. The summed E-state index contributed by atoms with van der Waals surface area (Å²) < 4.78 is 0. The smallest absolute Gasteiger partial charge is 0.0312 e. The Morgan fingerprint density at radius 1 is 0.444 bits per heavy atom. The Kier molecular flexibility index (Phi) is 4.89. The van der Waals surface area contributed by atoms with Crippen molar-refractivity contribution in [1.29, 1.82) is 0 Å². The van der Waals surface area contributed by atoms with E-state index < -0.39 is 5.41 Å². The topological polar surface area (TPSA) is 0 Å². The Labute approximate surface area is 162 Å². The van der Waals surface area contributed by atoms with Gasteiger partial charge < -0.3 is 0 Å². The van der Waals surface area contributed by atoms with Gasteiger partial charge in [0.1, 0.15) is 0 Å². The zero-order valence-corrected chi connectivity index (χ0v) is 15.3. The third kappa shape index (κ3) is 3.31. The number of hydrogen-bond acceptors (Lipinski definition) is 0. The van der Waals surface area contributed by atoms with Gasteiger partial charge in [-0.25, -0.2) is 0 Å². The molecule has 131 valence electrons. The molecule has 0 atom stereocenters. The SMILES string of the molecule is [CH2]C(c1ccccc1)(c1ccccc1)C(c1ccccc1)c1ccccc1. The second kappa shape index (κ2) is 7.63. The van der Waals surface area contributed by atoms with E-state index in [0.717, 1.165) is 0 Å². The maximum Gasteiger partial charge on any atom is 0.0312 e. The van der Waals surface area contributed by atoms with Crippen LogP contribution in [0.4, 0.5) is 0 Å². The lowest BCUT2D eigenvalue weighted by Crippen LogP contribution is -2.33. The largest absolute Gasteiger partial charge is 0.0622 e. The molecule has 0 saturated heterocycles. The molecule has 0 amide bonds. The summed E-state index contributed by atoms with van der Waals surface area (Å²) in [6.45, 7) is 4.86. The van der Waals surface area contributed by atoms with Crippen LogP contribution >= 0.6 is 0 Å². The number of hydrogen-bond donors (Lipinski definition) is 0. The van der Waals surface area contributed by atoms with Crippen molar-refractivity contribution in [3.8, 4) is 0 Å². The van der Waals surface area contributed by atoms with Gasteiger partial charge in [0, 0.05) is 11.3 Å². The van der Waals surface area contributed by atoms with Crippen molar-refractivity contribution in [2.45, 2.75) is 11.3 Å². The summed E-state index contributed by atoms with van der Waals surface area (Å²) in [5, 5.41) is 0.